The third-order valence-corrected chi connectivity index (χ3v) is 9.87. The molecule has 0 fully saturated rings. The molecule has 3 aromatic carbocycles. The highest BCUT2D eigenvalue weighted by Gasteiger charge is 2.38. The first-order chi connectivity index (χ1) is 21.2. The normalized spacial score (nSPS) is 15.4. The van der Waals surface area contributed by atoms with Gasteiger partial charge in [0, 0.05) is 5.69 Å². The van der Waals surface area contributed by atoms with Gasteiger partial charge in [0.05, 0.1) is 34.0 Å². The molecule has 0 saturated carbocycles. The summed E-state index contributed by atoms with van der Waals surface area (Å²) in [6, 6.07) is 11.7. The SMILES string of the molecule is Cc1ccc(C)c(S(=O)(=O)NC(=O)C[C@H]2CN(S(=O)(=O)c3cccc(C(F)(F)F)c3)c3cc(NC(=O)OC(C)(C)C)ccc3O2)c1. The Morgan fingerprint density at radius 2 is 1.67 bits per heavy atom. The summed E-state index contributed by atoms with van der Waals surface area (Å²) in [5, 5.41) is 2.46. The molecule has 0 bridgehead atoms. The number of carbonyl (C=O) groups excluding carboxylic acids is 2. The van der Waals surface area contributed by atoms with Crippen molar-refractivity contribution in [3.63, 3.8) is 0 Å². The zero-order valence-electron chi connectivity index (χ0n) is 25.4. The Morgan fingerprint density at radius 3 is 2.33 bits per heavy atom. The standard InChI is InChI=1S/C30H32F3N3O8S2/c1-18-9-10-19(2)26(13-18)45(39,40)35-27(37)16-22-17-36(46(41,42)23-8-6-7-20(14-23)30(31,32)33)24-15-21(11-12-25(24)43-22)34-28(38)44-29(3,4)5/h6-15,22H,16-17H2,1-5H3,(H,34,38)(H,35,37)/t22-/m0/s1. The largest absolute Gasteiger partial charge is 0.486 e. The molecule has 0 spiro atoms. The van der Waals surface area contributed by atoms with E-state index in [1.807, 2.05) is 4.72 Å². The summed E-state index contributed by atoms with van der Waals surface area (Å²) in [5.41, 5.74) is -1.08. The lowest BCUT2D eigenvalue weighted by Crippen LogP contribution is -2.46. The Balaban J connectivity index is 1.68. The molecule has 248 valence electrons. The van der Waals surface area contributed by atoms with Gasteiger partial charge in [-0.25, -0.2) is 26.4 Å². The van der Waals surface area contributed by atoms with E-state index in [2.05, 4.69) is 5.32 Å². The maximum atomic E-state index is 13.9. The minimum atomic E-state index is -4.83. The average Bonchev–Trinajstić information content (AvgIpc) is 2.92. The van der Waals surface area contributed by atoms with Crippen LogP contribution >= 0.6 is 0 Å². The van der Waals surface area contributed by atoms with Crippen molar-refractivity contribution in [1.29, 1.82) is 0 Å². The van der Waals surface area contributed by atoms with Crippen LogP contribution in [0.1, 0.15) is 43.9 Å². The molecule has 2 N–H and O–H groups in total. The number of sulfonamides is 2. The fraction of sp³-hybridized carbons (Fsp3) is 0.333. The summed E-state index contributed by atoms with van der Waals surface area (Å²) in [7, 11) is -9.03. The zero-order chi connectivity index (χ0) is 34.2. The van der Waals surface area contributed by atoms with Gasteiger partial charge in [-0.1, -0.05) is 18.2 Å². The number of benzene rings is 3. The fourth-order valence-corrected chi connectivity index (χ4v) is 7.43. The van der Waals surface area contributed by atoms with Gasteiger partial charge >= 0.3 is 12.3 Å². The first-order valence-electron chi connectivity index (χ1n) is 13.8. The topological polar surface area (TPSA) is 148 Å². The van der Waals surface area contributed by atoms with Crippen molar-refractivity contribution in [3.8, 4) is 5.75 Å². The van der Waals surface area contributed by atoms with Crippen LogP contribution in [0.15, 0.2) is 70.5 Å². The van der Waals surface area contributed by atoms with Crippen LogP contribution < -0.4 is 19.1 Å². The molecule has 0 unspecified atom stereocenters. The van der Waals surface area contributed by atoms with Crippen LogP contribution in [0.3, 0.4) is 0 Å². The number of hydrogen-bond donors (Lipinski definition) is 2. The number of amides is 2. The van der Waals surface area contributed by atoms with Crippen LogP contribution in [-0.2, 0) is 35.8 Å². The quantitative estimate of drug-likeness (QED) is 0.331. The molecule has 0 radical (unpaired) electrons. The van der Waals surface area contributed by atoms with E-state index in [0.29, 0.717) is 17.2 Å². The Morgan fingerprint density at radius 1 is 0.978 bits per heavy atom. The van der Waals surface area contributed by atoms with Crippen LogP contribution in [0.5, 0.6) is 5.75 Å². The number of rotatable bonds is 7. The lowest BCUT2D eigenvalue weighted by molar-refractivity contribution is -0.137. The van der Waals surface area contributed by atoms with Gasteiger partial charge in [-0.2, -0.15) is 13.2 Å². The number of alkyl halides is 3. The number of nitrogens with one attached hydrogen (secondary N) is 2. The second-order valence-corrected chi connectivity index (χ2v) is 15.1. The van der Waals surface area contributed by atoms with Gasteiger partial charge in [0.1, 0.15) is 17.5 Å². The highest BCUT2D eigenvalue weighted by molar-refractivity contribution is 7.92. The van der Waals surface area contributed by atoms with Crippen molar-refractivity contribution in [2.45, 2.75) is 68.7 Å². The fourth-order valence-electron chi connectivity index (χ4n) is 4.56. The zero-order valence-corrected chi connectivity index (χ0v) is 27.1. The van der Waals surface area contributed by atoms with Gasteiger partial charge < -0.3 is 9.47 Å². The Kier molecular flexibility index (Phi) is 9.37. The number of carbonyl (C=O) groups is 2. The molecule has 2 amide bonds. The van der Waals surface area contributed by atoms with Crippen molar-refractivity contribution in [2.24, 2.45) is 0 Å². The van der Waals surface area contributed by atoms with E-state index in [0.717, 1.165) is 22.5 Å². The van der Waals surface area contributed by atoms with Gasteiger partial charge in [-0.15, -0.1) is 0 Å². The molecule has 4 rings (SSSR count). The Hall–Kier alpha value is -4.31. The first-order valence-corrected chi connectivity index (χ1v) is 16.7. The Labute approximate surface area is 264 Å². The van der Waals surface area contributed by atoms with Crippen molar-refractivity contribution in [1.82, 2.24) is 4.72 Å². The average molecular weight is 684 g/mol. The predicted octanol–water partition coefficient (Wildman–Crippen LogP) is 5.52. The second kappa shape index (κ2) is 12.5. The van der Waals surface area contributed by atoms with Crippen LogP contribution in [0.4, 0.5) is 29.3 Å². The molecular formula is C30H32F3N3O8S2. The molecule has 46 heavy (non-hydrogen) atoms. The smallest absolute Gasteiger partial charge is 0.416 e. The van der Waals surface area contributed by atoms with Crippen molar-refractivity contribution >= 4 is 43.4 Å². The van der Waals surface area contributed by atoms with Crippen LogP contribution in [-0.4, -0.2) is 47.1 Å². The molecule has 0 aromatic heterocycles. The minimum absolute atomic E-state index is 0.0802. The van der Waals surface area contributed by atoms with Crippen LogP contribution in [0, 0.1) is 13.8 Å². The summed E-state index contributed by atoms with van der Waals surface area (Å²) >= 11 is 0. The number of nitrogens with zero attached hydrogens (tertiary/aromatic N) is 1. The molecule has 1 heterocycles. The molecule has 1 atom stereocenters. The maximum Gasteiger partial charge on any atom is 0.416 e. The van der Waals surface area contributed by atoms with Gasteiger partial charge in [-0.05, 0) is 88.2 Å². The number of fused-ring (bicyclic) bond motifs is 1. The summed E-state index contributed by atoms with van der Waals surface area (Å²) in [5.74, 6) is -1.10. The van der Waals surface area contributed by atoms with Crippen molar-refractivity contribution in [3.05, 3.63) is 77.4 Å². The summed E-state index contributed by atoms with van der Waals surface area (Å²) in [6.07, 6.45) is -7.57. The van der Waals surface area contributed by atoms with Gasteiger partial charge in [-0.3, -0.25) is 14.4 Å². The molecule has 11 nitrogen and oxygen atoms in total. The third kappa shape index (κ3) is 8.09. The number of aryl methyl sites for hydroxylation is 2. The van der Waals surface area contributed by atoms with E-state index in [1.54, 1.807) is 46.8 Å². The van der Waals surface area contributed by atoms with Crippen molar-refractivity contribution < 1.29 is 49.1 Å². The number of ether oxygens (including phenoxy) is 2. The third-order valence-electron chi connectivity index (χ3n) is 6.58. The molecule has 1 aliphatic heterocycles. The molecule has 0 saturated heterocycles. The molecular weight excluding hydrogens is 651 g/mol. The number of anilines is 2. The predicted molar refractivity (Wildman–Crippen MR) is 163 cm³/mol. The van der Waals surface area contributed by atoms with E-state index in [4.69, 9.17) is 9.47 Å². The lowest BCUT2D eigenvalue weighted by Gasteiger charge is -2.35. The van der Waals surface area contributed by atoms with Crippen molar-refractivity contribution in [2.75, 3.05) is 16.2 Å². The van der Waals surface area contributed by atoms with E-state index in [1.165, 1.54) is 24.3 Å². The second-order valence-electron chi connectivity index (χ2n) is 11.6. The van der Waals surface area contributed by atoms with Crippen LogP contribution in [0.25, 0.3) is 0 Å². The van der Waals surface area contributed by atoms with E-state index < -0.39 is 73.4 Å². The first kappa shape index (κ1) is 34.6. The molecule has 0 aliphatic carbocycles. The lowest BCUT2D eigenvalue weighted by atomic mass is 10.1. The molecule has 1 aliphatic rings. The minimum Gasteiger partial charge on any atom is -0.486 e. The summed E-state index contributed by atoms with van der Waals surface area (Å²) in [6.45, 7) is 7.57. The van der Waals surface area contributed by atoms with Gasteiger partial charge in [0.2, 0.25) is 5.91 Å². The highest BCUT2D eigenvalue weighted by atomic mass is 32.2. The number of halogens is 3. The van der Waals surface area contributed by atoms with E-state index in [-0.39, 0.29) is 22.0 Å². The number of hydrogen-bond acceptors (Lipinski definition) is 8. The molecule has 16 heteroatoms. The van der Waals surface area contributed by atoms with E-state index >= 15 is 0 Å². The summed E-state index contributed by atoms with van der Waals surface area (Å²) in [4.78, 5) is 24.5. The van der Waals surface area contributed by atoms with E-state index in [9.17, 15) is 39.6 Å². The van der Waals surface area contributed by atoms with Crippen LogP contribution in [0.2, 0.25) is 0 Å². The monoisotopic (exact) mass is 683 g/mol. The van der Waals surface area contributed by atoms with Gasteiger partial charge in [0.15, 0.2) is 0 Å². The molecule has 3 aromatic rings. The maximum absolute atomic E-state index is 13.9. The highest BCUT2D eigenvalue weighted by Crippen LogP contribution is 2.40. The summed E-state index contributed by atoms with van der Waals surface area (Å²) < 4.78 is 108. The van der Waals surface area contributed by atoms with Gasteiger partial charge in [0.25, 0.3) is 20.0 Å². The Bertz CT molecular complexity index is 1890.